The van der Waals surface area contributed by atoms with E-state index in [-0.39, 0.29) is 24.8 Å². The van der Waals surface area contributed by atoms with Crippen LogP contribution in [0.15, 0.2) is 11.7 Å². The standard InChI is InChI=1S/C9H15N3S.2ClH/c1-10-8-2-4-12(5-3-8)9-6-11-7-13-9;;/h6-8,10H,2-5H2,1H3;2*1H. The number of rotatable bonds is 2. The summed E-state index contributed by atoms with van der Waals surface area (Å²) in [7, 11) is 2.05. The fourth-order valence-electron chi connectivity index (χ4n) is 1.75. The van der Waals surface area contributed by atoms with Crippen LogP contribution < -0.4 is 10.2 Å². The number of nitrogens with one attached hydrogen (secondary N) is 1. The lowest BCUT2D eigenvalue weighted by Crippen LogP contribution is -2.40. The van der Waals surface area contributed by atoms with E-state index in [1.165, 1.54) is 17.8 Å². The summed E-state index contributed by atoms with van der Waals surface area (Å²) in [6.07, 6.45) is 4.45. The maximum Gasteiger partial charge on any atom is 0.111 e. The van der Waals surface area contributed by atoms with Gasteiger partial charge in [-0.2, -0.15) is 0 Å². The van der Waals surface area contributed by atoms with Crippen LogP contribution in [0.1, 0.15) is 12.8 Å². The molecule has 1 aliphatic rings. The van der Waals surface area contributed by atoms with E-state index in [2.05, 4.69) is 15.2 Å². The molecule has 0 amide bonds. The van der Waals surface area contributed by atoms with Gasteiger partial charge in [-0.05, 0) is 19.9 Å². The fraction of sp³-hybridized carbons (Fsp3) is 0.667. The lowest BCUT2D eigenvalue weighted by atomic mass is 10.1. The number of piperidine rings is 1. The summed E-state index contributed by atoms with van der Waals surface area (Å²) in [5, 5.41) is 4.65. The largest absolute Gasteiger partial charge is 0.362 e. The van der Waals surface area contributed by atoms with Crippen molar-refractivity contribution in [1.82, 2.24) is 10.3 Å². The number of anilines is 1. The third-order valence-corrected chi connectivity index (χ3v) is 3.47. The minimum Gasteiger partial charge on any atom is -0.362 e. The van der Waals surface area contributed by atoms with Crippen molar-refractivity contribution in [3.8, 4) is 0 Å². The minimum absolute atomic E-state index is 0. The summed E-state index contributed by atoms with van der Waals surface area (Å²) in [6, 6.07) is 0.712. The smallest absolute Gasteiger partial charge is 0.111 e. The van der Waals surface area contributed by atoms with Crippen molar-refractivity contribution < 1.29 is 0 Å². The van der Waals surface area contributed by atoms with Gasteiger partial charge in [0.15, 0.2) is 0 Å². The summed E-state index contributed by atoms with van der Waals surface area (Å²) in [5.74, 6) is 0. The predicted molar refractivity (Wildman–Crippen MR) is 70.9 cm³/mol. The first kappa shape index (κ1) is 15.0. The van der Waals surface area contributed by atoms with Crippen LogP contribution >= 0.6 is 36.2 Å². The highest BCUT2D eigenvalue weighted by atomic mass is 35.5. The van der Waals surface area contributed by atoms with Crippen LogP contribution in [0, 0.1) is 0 Å². The zero-order valence-corrected chi connectivity index (χ0v) is 11.1. The maximum atomic E-state index is 4.10. The normalized spacial score (nSPS) is 16.7. The van der Waals surface area contributed by atoms with E-state index >= 15 is 0 Å². The van der Waals surface area contributed by atoms with Crippen molar-refractivity contribution in [2.45, 2.75) is 18.9 Å². The Morgan fingerprint density at radius 3 is 2.53 bits per heavy atom. The van der Waals surface area contributed by atoms with Gasteiger partial charge in [0.25, 0.3) is 0 Å². The van der Waals surface area contributed by atoms with Gasteiger partial charge >= 0.3 is 0 Å². The first-order valence-electron chi connectivity index (χ1n) is 4.71. The topological polar surface area (TPSA) is 28.2 Å². The Morgan fingerprint density at radius 2 is 2.07 bits per heavy atom. The van der Waals surface area contributed by atoms with Crippen molar-refractivity contribution in [2.24, 2.45) is 0 Å². The molecule has 6 heteroatoms. The zero-order chi connectivity index (χ0) is 9.10. The lowest BCUT2D eigenvalue weighted by molar-refractivity contribution is 0.443. The van der Waals surface area contributed by atoms with Gasteiger partial charge < -0.3 is 10.2 Å². The van der Waals surface area contributed by atoms with Gasteiger partial charge in [-0.3, -0.25) is 4.98 Å². The molecule has 0 aliphatic carbocycles. The molecular weight excluding hydrogens is 253 g/mol. The number of hydrogen-bond donors (Lipinski definition) is 1. The van der Waals surface area contributed by atoms with E-state index in [0.717, 1.165) is 13.1 Å². The molecule has 2 heterocycles. The van der Waals surface area contributed by atoms with Crippen LogP contribution in [-0.2, 0) is 0 Å². The number of halogens is 2. The van der Waals surface area contributed by atoms with E-state index in [1.54, 1.807) is 11.3 Å². The predicted octanol–water partition coefficient (Wildman–Crippen LogP) is 2.17. The van der Waals surface area contributed by atoms with E-state index in [0.29, 0.717) is 6.04 Å². The molecule has 1 N–H and O–H groups in total. The average Bonchev–Trinajstić information content (AvgIpc) is 2.71. The maximum absolute atomic E-state index is 4.10. The SMILES string of the molecule is CNC1CCN(c2cncs2)CC1.Cl.Cl. The Bertz CT molecular complexity index is 248. The van der Waals surface area contributed by atoms with Crippen LogP contribution in [0.5, 0.6) is 0 Å². The quantitative estimate of drug-likeness (QED) is 0.892. The van der Waals surface area contributed by atoms with Gasteiger partial charge in [-0.15, -0.1) is 36.2 Å². The summed E-state index contributed by atoms with van der Waals surface area (Å²) in [5.41, 5.74) is 1.90. The molecule has 0 saturated carbocycles. The molecule has 15 heavy (non-hydrogen) atoms. The van der Waals surface area contributed by atoms with E-state index in [9.17, 15) is 0 Å². The number of hydrogen-bond acceptors (Lipinski definition) is 4. The molecule has 1 aliphatic heterocycles. The molecule has 0 bridgehead atoms. The highest BCUT2D eigenvalue weighted by Crippen LogP contribution is 2.23. The lowest BCUT2D eigenvalue weighted by Gasteiger charge is -2.31. The molecule has 2 rings (SSSR count). The molecular formula is C9H17Cl2N3S. The Labute approximate surface area is 107 Å². The Hall–Kier alpha value is -0.0300. The zero-order valence-electron chi connectivity index (χ0n) is 8.68. The molecule has 0 aromatic carbocycles. The molecule has 0 spiro atoms. The second-order valence-electron chi connectivity index (χ2n) is 3.39. The Morgan fingerprint density at radius 1 is 1.40 bits per heavy atom. The van der Waals surface area contributed by atoms with E-state index < -0.39 is 0 Å². The number of nitrogens with zero attached hydrogens (tertiary/aromatic N) is 2. The van der Waals surface area contributed by atoms with Crippen molar-refractivity contribution in [1.29, 1.82) is 0 Å². The molecule has 1 aromatic heterocycles. The summed E-state index contributed by atoms with van der Waals surface area (Å²) >= 11 is 1.73. The second kappa shape index (κ2) is 7.28. The molecule has 0 radical (unpaired) electrons. The van der Waals surface area contributed by atoms with Crippen LogP contribution in [0.2, 0.25) is 0 Å². The van der Waals surface area contributed by atoms with Gasteiger partial charge in [0, 0.05) is 19.1 Å². The van der Waals surface area contributed by atoms with Gasteiger partial charge in [0.2, 0.25) is 0 Å². The van der Waals surface area contributed by atoms with Crippen LogP contribution in [0.25, 0.3) is 0 Å². The summed E-state index contributed by atoms with van der Waals surface area (Å²) < 4.78 is 0. The molecule has 1 aromatic rings. The molecule has 1 saturated heterocycles. The van der Waals surface area contributed by atoms with Crippen molar-refractivity contribution in [2.75, 3.05) is 25.0 Å². The van der Waals surface area contributed by atoms with E-state index in [1.807, 2.05) is 18.8 Å². The molecule has 0 atom stereocenters. The Kier molecular flexibility index (Phi) is 7.26. The van der Waals surface area contributed by atoms with Gasteiger partial charge in [0.1, 0.15) is 5.00 Å². The highest BCUT2D eigenvalue weighted by Gasteiger charge is 2.18. The highest BCUT2D eigenvalue weighted by molar-refractivity contribution is 7.13. The third-order valence-electron chi connectivity index (χ3n) is 2.63. The monoisotopic (exact) mass is 269 g/mol. The Balaban J connectivity index is 0.000000980. The molecule has 3 nitrogen and oxygen atoms in total. The van der Waals surface area contributed by atoms with Gasteiger partial charge in [0.05, 0.1) is 11.7 Å². The first-order valence-corrected chi connectivity index (χ1v) is 5.59. The van der Waals surface area contributed by atoms with Crippen LogP contribution in [0.4, 0.5) is 5.00 Å². The van der Waals surface area contributed by atoms with Crippen LogP contribution in [0.3, 0.4) is 0 Å². The first-order chi connectivity index (χ1) is 6.40. The number of aromatic nitrogens is 1. The second-order valence-corrected chi connectivity index (χ2v) is 4.25. The van der Waals surface area contributed by atoms with Crippen molar-refractivity contribution in [3.05, 3.63) is 11.7 Å². The molecule has 0 unspecified atom stereocenters. The minimum atomic E-state index is 0. The number of thiazole rings is 1. The van der Waals surface area contributed by atoms with Crippen molar-refractivity contribution >= 4 is 41.2 Å². The third kappa shape index (κ3) is 3.79. The van der Waals surface area contributed by atoms with E-state index in [4.69, 9.17) is 0 Å². The fourth-order valence-corrected chi connectivity index (χ4v) is 2.44. The molecule has 88 valence electrons. The summed E-state index contributed by atoms with van der Waals surface area (Å²) in [4.78, 5) is 6.52. The van der Waals surface area contributed by atoms with Crippen LogP contribution in [-0.4, -0.2) is 31.2 Å². The van der Waals surface area contributed by atoms with Gasteiger partial charge in [-0.1, -0.05) is 0 Å². The average molecular weight is 270 g/mol. The van der Waals surface area contributed by atoms with Gasteiger partial charge in [-0.25, -0.2) is 0 Å². The molecule has 1 fully saturated rings. The summed E-state index contributed by atoms with van der Waals surface area (Å²) in [6.45, 7) is 2.32. The van der Waals surface area contributed by atoms with Crippen molar-refractivity contribution in [3.63, 3.8) is 0 Å².